The quantitative estimate of drug-likeness (QED) is 0.661. The zero-order valence-corrected chi connectivity index (χ0v) is 17.2. The fourth-order valence-corrected chi connectivity index (χ4v) is 4.28. The van der Waals surface area contributed by atoms with Gasteiger partial charge in [-0.1, -0.05) is 22.8 Å². The Hall–Kier alpha value is -2.74. The molecule has 1 aliphatic heterocycles. The van der Waals surface area contributed by atoms with Crippen LogP contribution in [0.1, 0.15) is 65.3 Å². The minimum atomic E-state index is -0.541. The van der Waals surface area contributed by atoms with E-state index in [0.717, 1.165) is 37.3 Å². The van der Waals surface area contributed by atoms with E-state index < -0.39 is 5.82 Å². The predicted octanol–water partition coefficient (Wildman–Crippen LogP) is 4.46. The van der Waals surface area contributed by atoms with Crippen LogP contribution in [0.4, 0.5) is 4.39 Å². The van der Waals surface area contributed by atoms with Gasteiger partial charge in [-0.05, 0) is 44.7 Å². The Morgan fingerprint density at radius 1 is 1.23 bits per heavy atom. The van der Waals surface area contributed by atoms with Gasteiger partial charge in [-0.3, -0.25) is 9.89 Å². The van der Waals surface area contributed by atoms with Crippen LogP contribution in [-0.2, 0) is 0 Å². The molecule has 2 aliphatic rings. The molecule has 0 spiro atoms. The van der Waals surface area contributed by atoms with E-state index in [1.165, 1.54) is 12.1 Å². The maximum Gasteiger partial charge on any atom is 0.259 e. The van der Waals surface area contributed by atoms with E-state index >= 15 is 0 Å². The van der Waals surface area contributed by atoms with E-state index in [-0.39, 0.29) is 33.7 Å². The Balaban J connectivity index is 1.34. The fraction of sp³-hybridized carbons (Fsp3) is 0.429. The molecule has 5 rings (SSSR count). The van der Waals surface area contributed by atoms with Crippen molar-refractivity contribution in [2.45, 2.75) is 44.4 Å². The van der Waals surface area contributed by atoms with Crippen molar-refractivity contribution in [3.05, 3.63) is 52.0 Å². The molecule has 3 heterocycles. The third-order valence-electron chi connectivity index (χ3n) is 5.91. The highest BCUT2D eigenvalue weighted by atomic mass is 35.5. The molecule has 1 aliphatic carbocycles. The number of benzene rings is 1. The number of nitrogens with one attached hydrogen (secondary N) is 1. The van der Waals surface area contributed by atoms with Crippen molar-refractivity contribution in [1.29, 1.82) is 0 Å². The second kappa shape index (κ2) is 7.50. The number of carbonyl (C=O) groups is 1. The number of nitrogens with zero attached hydrogens (tertiary/aromatic N) is 4. The summed E-state index contributed by atoms with van der Waals surface area (Å²) < 4.78 is 19.7. The van der Waals surface area contributed by atoms with Crippen molar-refractivity contribution in [2.24, 2.45) is 0 Å². The van der Waals surface area contributed by atoms with Crippen molar-refractivity contribution >= 4 is 17.5 Å². The van der Waals surface area contributed by atoms with Crippen LogP contribution in [0.5, 0.6) is 0 Å². The van der Waals surface area contributed by atoms with Gasteiger partial charge in [0.25, 0.3) is 5.91 Å². The average molecular weight is 430 g/mol. The first kappa shape index (κ1) is 19.2. The van der Waals surface area contributed by atoms with Crippen LogP contribution in [0.2, 0.25) is 5.02 Å². The molecular formula is C21H21ClFN5O2. The molecular weight excluding hydrogens is 409 g/mol. The molecule has 1 saturated heterocycles. The molecule has 30 heavy (non-hydrogen) atoms. The highest BCUT2D eigenvalue weighted by Gasteiger charge is 2.33. The maximum atomic E-state index is 14.4. The van der Waals surface area contributed by atoms with E-state index in [4.69, 9.17) is 16.1 Å². The minimum absolute atomic E-state index is 0.0866. The predicted molar refractivity (Wildman–Crippen MR) is 108 cm³/mol. The molecule has 1 N–H and O–H groups in total. The van der Waals surface area contributed by atoms with Crippen LogP contribution in [0, 0.1) is 12.7 Å². The molecule has 2 fully saturated rings. The number of carbonyl (C=O) groups excluding carboxylic acids is 1. The lowest BCUT2D eigenvalue weighted by atomic mass is 9.95. The van der Waals surface area contributed by atoms with Crippen molar-refractivity contribution in [1.82, 2.24) is 25.2 Å². The summed E-state index contributed by atoms with van der Waals surface area (Å²) >= 11 is 6.19. The first-order valence-corrected chi connectivity index (χ1v) is 10.5. The third kappa shape index (κ3) is 3.39. The summed E-state index contributed by atoms with van der Waals surface area (Å²) in [7, 11) is 0. The molecule has 3 aromatic rings. The molecule has 7 nitrogen and oxygen atoms in total. The Morgan fingerprint density at radius 2 is 2.00 bits per heavy atom. The van der Waals surface area contributed by atoms with Gasteiger partial charge in [-0.25, -0.2) is 9.37 Å². The Kier molecular flexibility index (Phi) is 4.81. The lowest BCUT2D eigenvalue weighted by molar-refractivity contribution is 0.0710. The van der Waals surface area contributed by atoms with Gasteiger partial charge in [-0.15, -0.1) is 0 Å². The monoisotopic (exact) mass is 429 g/mol. The van der Waals surface area contributed by atoms with Gasteiger partial charge < -0.3 is 9.42 Å². The second-order valence-electron chi connectivity index (χ2n) is 7.98. The van der Waals surface area contributed by atoms with Gasteiger partial charge in [-0.2, -0.15) is 5.10 Å². The number of amides is 1. The highest BCUT2D eigenvalue weighted by Crippen LogP contribution is 2.39. The van der Waals surface area contributed by atoms with Crippen LogP contribution in [-0.4, -0.2) is 44.2 Å². The van der Waals surface area contributed by atoms with Gasteiger partial charge in [0.15, 0.2) is 5.82 Å². The van der Waals surface area contributed by atoms with Crippen molar-refractivity contribution in [3.63, 3.8) is 0 Å². The first-order chi connectivity index (χ1) is 14.5. The fourth-order valence-electron chi connectivity index (χ4n) is 4.03. The number of rotatable bonds is 4. The number of piperidine rings is 1. The minimum Gasteiger partial charge on any atom is -0.360 e. The van der Waals surface area contributed by atoms with Crippen LogP contribution in [0.3, 0.4) is 0 Å². The lowest BCUT2D eigenvalue weighted by Gasteiger charge is -2.31. The van der Waals surface area contributed by atoms with E-state index in [1.54, 1.807) is 17.9 Å². The summed E-state index contributed by atoms with van der Waals surface area (Å²) in [5.74, 6) is 2.16. The number of halogens is 2. The van der Waals surface area contributed by atoms with Crippen molar-refractivity contribution < 1.29 is 13.7 Å². The molecule has 0 radical (unpaired) electrons. The molecule has 0 bridgehead atoms. The molecule has 9 heteroatoms. The number of hydrogen-bond donors (Lipinski definition) is 1. The van der Waals surface area contributed by atoms with Gasteiger partial charge in [0.1, 0.15) is 28.7 Å². The van der Waals surface area contributed by atoms with Crippen molar-refractivity contribution in [2.75, 3.05) is 13.1 Å². The molecule has 1 amide bonds. The molecule has 156 valence electrons. The highest BCUT2D eigenvalue weighted by molar-refractivity contribution is 6.33. The standard InChI is InChI=1S/C21H21ClFN5O2/c1-11-16(18(27-30-11)17-14(22)3-2-4-15(17)23)21(29)28-9-7-13(8-10-28)20-24-19(25-26-20)12-5-6-12/h2-4,12-13H,5-10H2,1H3,(H,24,25,26). The van der Waals surface area contributed by atoms with Gasteiger partial charge in [0.2, 0.25) is 0 Å². The average Bonchev–Trinajstić information content (AvgIpc) is 3.35. The zero-order chi connectivity index (χ0) is 20.8. The molecule has 2 aromatic heterocycles. The number of aryl methyl sites for hydroxylation is 1. The Bertz CT molecular complexity index is 1080. The topological polar surface area (TPSA) is 87.9 Å². The second-order valence-corrected chi connectivity index (χ2v) is 8.39. The third-order valence-corrected chi connectivity index (χ3v) is 6.22. The Labute approximate surface area is 177 Å². The Morgan fingerprint density at radius 3 is 2.70 bits per heavy atom. The molecule has 1 saturated carbocycles. The van der Waals surface area contributed by atoms with Crippen LogP contribution < -0.4 is 0 Å². The van der Waals surface area contributed by atoms with Gasteiger partial charge in [0, 0.05) is 24.9 Å². The van der Waals surface area contributed by atoms with Crippen molar-refractivity contribution in [3.8, 4) is 11.3 Å². The zero-order valence-electron chi connectivity index (χ0n) is 16.5. The molecule has 0 atom stereocenters. The largest absolute Gasteiger partial charge is 0.360 e. The number of aromatic amines is 1. The smallest absolute Gasteiger partial charge is 0.259 e. The normalized spacial score (nSPS) is 17.5. The number of hydrogen-bond acceptors (Lipinski definition) is 5. The summed E-state index contributed by atoms with van der Waals surface area (Å²) in [5, 5.41) is 11.5. The summed E-state index contributed by atoms with van der Waals surface area (Å²) in [6.07, 6.45) is 3.89. The van der Waals surface area contributed by atoms with Crippen LogP contribution in [0.25, 0.3) is 11.3 Å². The molecule has 0 unspecified atom stereocenters. The van der Waals surface area contributed by atoms with E-state index in [9.17, 15) is 9.18 Å². The number of likely N-dealkylation sites (tertiary alicyclic amines) is 1. The van der Waals surface area contributed by atoms with Crippen LogP contribution in [0.15, 0.2) is 22.7 Å². The first-order valence-electron chi connectivity index (χ1n) is 10.1. The van der Waals surface area contributed by atoms with E-state index in [1.807, 2.05) is 0 Å². The maximum absolute atomic E-state index is 14.4. The summed E-state index contributed by atoms with van der Waals surface area (Å²) in [6.45, 7) is 2.79. The van der Waals surface area contributed by atoms with Crippen LogP contribution >= 0.6 is 11.6 Å². The van der Waals surface area contributed by atoms with Gasteiger partial charge in [0.05, 0.1) is 10.6 Å². The molecule has 1 aromatic carbocycles. The summed E-state index contributed by atoms with van der Waals surface area (Å²) in [6, 6.07) is 4.37. The lowest BCUT2D eigenvalue weighted by Crippen LogP contribution is -2.38. The number of H-pyrrole nitrogens is 1. The summed E-state index contributed by atoms with van der Waals surface area (Å²) in [4.78, 5) is 19.7. The van der Waals surface area contributed by atoms with E-state index in [0.29, 0.717) is 24.8 Å². The SMILES string of the molecule is Cc1onc(-c2c(F)cccc2Cl)c1C(=O)N1CCC(c2nc(C3CC3)n[nH]2)CC1. The summed E-state index contributed by atoms with van der Waals surface area (Å²) in [5.41, 5.74) is 0.492. The van der Waals surface area contributed by atoms with Gasteiger partial charge >= 0.3 is 0 Å². The van der Waals surface area contributed by atoms with E-state index in [2.05, 4.69) is 20.3 Å². The number of aromatic nitrogens is 4.